The summed E-state index contributed by atoms with van der Waals surface area (Å²) in [5.41, 5.74) is 4.97. The van der Waals surface area contributed by atoms with Gasteiger partial charge in [-0.25, -0.2) is 17.4 Å². The Labute approximate surface area is 236 Å². The van der Waals surface area contributed by atoms with E-state index in [2.05, 4.69) is 19.6 Å². The summed E-state index contributed by atoms with van der Waals surface area (Å²) in [4.78, 5) is 19.2. The average Bonchev–Trinajstić information content (AvgIpc) is 3.49. The van der Waals surface area contributed by atoms with E-state index < -0.39 is 18.1 Å². The molecule has 0 bridgehead atoms. The molecule has 0 saturated heterocycles. The van der Waals surface area contributed by atoms with Crippen LogP contribution in [-0.4, -0.2) is 42.4 Å². The number of ether oxygens (including phenoxy) is 1. The zero-order valence-corrected chi connectivity index (χ0v) is 25.7. The van der Waals surface area contributed by atoms with Crippen LogP contribution in [0.5, 0.6) is 0 Å². The number of aryl methyl sites for hydroxylation is 3. The van der Waals surface area contributed by atoms with Gasteiger partial charge in [0.1, 0.15) is 6.73 Å². The zero-order chi connectivity index (χ0) is 28.8. The molecule has 3 aromatic carbocycles. The van der Waals surface area contributed by atoms with E-state index in [-0.39, 0.29) is 23.2 Å². The van der Waals surface area contributed by atoms with Crippen LogP contribution in [0.1, 0.15) is 32.9 Å². The summed E-state index contributed by atoms with van der Waals surface area (Å²) < 4.78 is 36.4. The van der Waals surface area contributed by atoms with Crippen molar-refractivity contribution in [3.05, 3.63) is 94.9 Å². The first-order valence-corrected chi connectivity index (χ1v) is 18.5. The van der Waals surface area contributed by atoms with Crippen LogP contribution < -0.4 is 0 Å². The number of hydrogen-bond acceptors (Lipinski definition) is 5. The lowest BCUT2D eigenvalue weighted by Gasteiger charge is -2.17. The van der Waals surface area contributed by atoms with Crippen molar-refractivity contribution < 1.29 is 17.9 Å². The zero-order valence-electron chi connectivity index (χ0n) is 23.9. The van der Waals surface area contributed by atoms with Crippen LogP contribution in [0.25, 0.3) is 21.9 Å². The highest BCUT2D eigenvalue weighted by Gasteiger charge is 2.27. The molecule has 0 saturated carbocycles. The average molecular weight is 574 g/mol. The Morgan fingerprint density at radius 2 is 1.65 bits per heavy atom. The quantitative estimate of drug-likeness (QED) is 0.111. The Bertz CT molecular complexity index is 1850. The lowest BCUT2D eigenvalue weighted by atomic mass is 9.97. The number of carbonyl (C=O) groups excluding carboxylic acids is 1. The first-order chi connectivity index (χ1) is 18.9. The van der Waals surface area contributed by atoms with Gasteiger partial charge in [-0.1, -0.05) is 55.5 Å². The molecular formula is C31H35N3O4SSi. The number of hydrogen-bond donors (Lipinski definition) is 0. The number of nitrogens with zero attached hydrogens (tertiary/aromatic N) is 3. The minimum Gasteiger partial charge on any atom is -0.361 e. The Morgan fingerprint density at radius 1 is 0.950 bits per heavy atom. The van der Waals surface area contributed by atoms with E-state index >= 15 is 0 Å². The largest absolute Gasteiger partial charge is 0.361 e. The molecule has 0 fully saturated rings. The van der Waals surface area contributed by atoms with Crippen molar-refractivity contribution in [3.8, 4) is 0 Å². The smallest absolute Gasteiger partial charge is 0.268 e. The molecule has 0 unspecified atom stereocenters. The van der Waals surface area contributed by atoms with E-state index in [1.54, 1.807) is 30.3 Å². The number of ketones is 1. The molecule has 7 nitrogen and oxygen atoms in total. The fraction of sp³-hybridized carbons (Fsp3) is 0.290. The van der Waals surface area contributed by atoms with Crippen LogP contribution in [0, 0.1) is 20.8 Å². The topological polar surface area (TPSA) is 83.2 Å². The SMILES string of the molecule is Cc1ccc(S(=O)(=O)n2ccc3c(C(=O)c4nc5ccccc5n4COCC[Si](C)(C)C)c(C)cc(C)c32)cc1. The highest BCUT2D eigenvalue weighted by molar-refractivity contribution is 7.90. The molecule has 0 spiro atoms. The molecule has 2 heterocycles. The van der Waals surface area contributed by atoms with Gasteiger partial charge in [0.15, 0.2) is 5.82 Å². The van der Waals surface area contributed by atoms with Crippen molar-refractivity contribution in [2.75, 3.05) is 6.61 Å². The van der Waals surface area contributed by atoms with Gasteiger partial charge in [-0.2, -0.15) is 0 Å². The standard InChI is InChI=1S/C31H35N3O4SSi/c1-21-11-13-24(14-12-21)39(36,37)34-16-15-25-28(22(2)19-23(3)29(25)34)30(35)31-32-26-9-7-8-10-27(26)33(31)20-38-17-18-40(4,5)6/h7-16,19H,17-18,20H2,1-6H3. The first-order valence-electron chi connectivity index (χ1n) is 13.4. The maximum absolute atomic E-state index is 14.3. The maximum atomic E-state index is 14.3. The summed E-state index contributed by atoms with van der Waals surface area (Å²) in [5.74, 6) is 0.00887. The van der Waals surface area contributed by atoms with Crippen molar-refractivity contribution in [1.82, 2.24) is 13.5 Å². The molecule has 2 aromatic heterocycles. The van der Waals surface area contributed by atoms with E-state index in [1.165, 1.54) is 10.2 Å². The number of fused-ring (bicyclic) bond motifs is 2. The summed E-state index contributed by atoms with van der Waals surface area (Å²) in [6, 6.07) is 19.0. The molecule has 0 radical (unpaired) electrons. The number of para-hydroxylation sites is 2. The molecular weight excluding hydrogens is 539 g/mol. The number of benzene rings is 3. The lowest BCUT2D eigenvalue weighted by molar-refractivity contribution is 0.0835. The van der Waals surface area contributed by atoms with Crippen molar-refractivity contribution >= 4 is 45.8 Å². The van der Waals surface area contributed by atoms with Gasteiger partial charge >= 0.3 is 0 Å². The van der Waals surface area contributed by atoms with E-state index in [0.717, 1.165) is 28.3 Å². The summed E-state index contributed by atoms with van der Waals surface area (Å²) in [6.07, 6.45) is 1.53. The monoisotopic (exact) mass is 573 g/mol. The molecule has 0 N–H and O–H groups in total. The molecule has 40 heavy (non-hydrogen) atoms. The molecule has 5 aromatic rings. The number of aromatic nitrogens is 3. The van der Waals surface area contributed by atoms with E-state index in [9.17, 15) is 13.2 Å². The molecule has 0 aliphatic heterocycles. The third-order valence-corrected chi connectivity index (χ3v) is 10.6. The van der Waals surface area contributed by atoms with Crippen LogP contribution >= 0.6 is 0 Å². The summed E-state index contributed by atoms with van der Waals surface area (Å²) in [7, 11) is -5.14. The first kappa shape index (κ1) is 28.0. The minimum absolute atomic E-state index is 0.195. The van der Waals surface area contributed by atoms with Crippen molar-refractivity contribution in [3.63, 3.8) is 0 Å². The van der Waals surface area contributed by atoms with Gasteiger partial charge in [0.2, 0.25) is 5.78 Å². The van der Waals surface area contributed by atoms with Crippen LogP contribution in [0.2, 0.25) is 25.7 Å². The molecule has 0 aliphatic rings. The molecule has 9 heteroatoms. The molecule has 0 atom stereocenters. The van der Waals surface area contributed by atoms with E-state index in [0.29, 0.717) is 28.6 Å². The number of rotatable bonds is 9. The van der Waals surface area contributed by atoms with Crippen LogP contribution in [0.3, 0.4) is 0 Å². The van der Waals surface area contributed by atoms with Crippen LogP contribution in [0.15, 0.2) is 71.8 Å². The van der Waals surface area contributed by atoms with Crippen molar-refractivity contribution in [2.45, 2.75) is 58.1 Å². The highest BCUT2D eigenvalue weighted by atomic mass is 32.2. The normalized spacial score (nSPS) is 12.4. The second kappa shape index (κ2) is 10.5. The van der Waals surface area contributed by atoms with Crippen LogP contribution in [0.4, 0.5) is 0 Å². The molecule has 208 valence electrons. The summed E-state index contributed by atoms with van der Waals surface area (Å²) >= 11 is 0. The van der Waals surface area contributed by atoms with Crippen molar-refractivity contribution in [2.24, 2.45) is 0 Å². The van der Waals surface area contributed by atoms with Gasteiger partial charge in [-0.3, -0.25) is 9.36 Å². The third-order valence-electron chi connectivity index (χ3n) is 7.20. The van der Waals surface area contributed by atoms with Gasteiger partial charge in [0, 0.05) is 31.8 Å². The summed E-state index contributed by atoms with van der Waals surface area (Å²) in [5, 5.41) is 0.580. The summed E-state index contributed by atoms with van der Waals surface area (Å²) in [6.45, 7) is 13.4. The predicted molar refractivity (Wildman–Crippen MR) is 162 cm³/mol. The minimum atomic E-state index is -3.87. The number of imidazole rings is 1. The fourth-order valence-electron chi connectivity index (χ4n) is 5.03. The maximum Gasteiger partial charge on any atom is 0.268 e. The van der Waals surface area contributed by atoms with Gasteiger partial charge in [0.05, 0.1) is 21.4 Å². The molecule has 5 rings (SSSR count). The Morgan fingerprint density at radius 3 is 2.35 bits per heavy atom. The Hall–Kier alpha value is -3.53. The fourth-order valence-corrected chi connectivity index (χ4v) is 7.20. The van der Waals surface area contributed by atoms with Crippen molar-refractivity contribution in [1.29, 1.82) is 0 Å². The van der Waals surface area contributed by atoms with Gasteiger partial charge in [-0.05, 0) is 68.3 Å². The molecule has 0 aliphatic carbocycles. The second-order valence-electron chi connectivity index (χ2n) is 11.6. The second-order valence-corrected chi connectivity index (χ2v) is 19.0. The Balaban J connectivity index is 1.61. The Kier molecular flexibility index (Phi) is 7.33. The lowest BCUT2D eigenvalue weighted by Crippen LogP contribution is -2.22. The van der Waals surface area contributed by atoms with Gasteiger partial charge in [-0.15, -0.1) is 0 Å². The third kappa shape index (κ3) is 5.16. The molecule has 0 amide bonds. The van der Waals surface area contributed by atoms with E-state index in [1.807, 2.05) is 55.7 Å². The highest BCUT2D eigenvalue weighted by Crippen LogP contribution is 2.32. The van der Waals surface area contributed by atoms with Gasteiger partial charge in [0.25, 0.3) is 10.0 Å². The van der Waals surface area contributed by atoms with E-state index in [4.69, 9.17) is 9.72 Å². The predicted octanol–water partition coefficient (Wildman–Crippen LogP) is 6.70. The van der Waals surface area contributed by atoms with Gasteiger partial charge < -0.3 is 4.74 Å². The van der Waals surface area contributed by atoms with Crippen LogP contribution in [-0.2, 0) is 21.5 Å². The number of carbonyl (C=O) groups is 1.